The maximum Gasteiger partial charge on any atom is 0.279 e. The summed E-state index contributed by atoms with van der Waals surface area (Å²) in [7, 11) is 4.38. The second-order valence-electron chi connectivity index (χ2n) is 5.93. The van der Waals surface area contributed by atoms with Crippen molar-refractivity contribution in [2.24, 2.45) is 0 Å². The largest absolute Gasteiger partial charge is 0.279 e. The summed E-state index contributed by atoms with van der Waals surface area (Å²) in [5.41, 5.74) is 1.52. The fourth-order valence-electron chi connectivity index (χ4n) is 2.55. The SMILES string of the molecule is CN1C(c2ccccc2)=[N+](C)C(C)(C)C1(C)C. The van der Waals surface area contributed by atoms with Crippen LogP contribution in [0.5, 0.6) is 0 Å². The van der Waals surface area contributed by atoms with E-state index in [-0.39, 0.29) is 11.1 Å². The Hall–Kier alpha value is -1.31. The summed E-state index contributed by atoms with van der Waals surface area (Å²) in [4.78, 5) is 2.39. The fourth-order valence-corrected chi connectivity index (χ4v) is 2.55. The van der Waals surface area contributed by atoms with Crippen molar-refractivity contribution in [1.29, 1.82) is 0 Å². The Morgan fingerprint density at radius 3 is 1.94 bits per heavy atom. The zero-order valence-corrected chi connectivity index (χ0v) is 11.8. The Morgan fingerprint density at radius 2 is 1.53 bits per heavy atom. The predicted molar refractivity (Wildman–Crippen MR) is 72.7 cm³/mol. The summed E-state index contributed by atoms with van der Waals surface area (Å²) in [5, 5.41) is 0. The van der Waals surface area contributed by atoms with Crippen LogP contribution in [0.2, 0.25) is 0 Å². The summed E-state index contributed by atoms with van der Waals surface area (Å²) in [6, 6.07) is 10.6. The van der Waals surface area contributed by atoms with Crippen molar-refractivity contribution in [3.05, 3.63) is 35.9 Å². The number of likely N-dealkylation sites (N-methyl/N-ethyl adjacent to an activating group) is 2. The van der Waals surface area contributed by atoms with Gasteiger partial charge in [0.1, 0.15) is 11.1 Å². The van der Waals surface area contributed by atoms with E-state index in [2.05, 4.69) is 81.6 Å². The third kappa shape index (κ3) is 1.50. The summed E-state index contributed by atoms with van der Waals surface area (Å²) >= 11 is 0. The molecule has 1 heterocycles. The Morgan fingerprint density at radius 1 is 1.00 bits per heavy atom. The van der Waals surface area contributed by atoms with Gasteiger partial charge in [-0.3, -0.25) is 9.48 Å². The molecule has 0 radical (unpaired) electrons. The van der Waals surface area contributed by atoms with Crippen LogP contribution >= 0.6 is 0 Å². The van der Waals surface area contributed by atoms with E-state index in [1.165, 1.54) is 11.4 Å². The van der Waals surface area contributed by atoms with Gasteiger partial charge in [0, 0.05) is 0 Å². The van der Waals surface area contributed by atoms with Gasteiger partial charge in [-0.25, -0.2) is 0 Å². The van der Waals surface area contributed by atoms with E-state index < -0.39 is 0 Å². The molecule has 1 aromatic carbocycles. The first-order valence-corrected chi connectivity index (χ1v) is 6.20. The van der Waals surface area contributed by atoms with E-state index in [1.54, 1.807) is 0 Å². The molecule has 0 aromatic heterocycles. The Bertz CT molecular complexity index is 455. The summed E-state index contributed by atoms with van der Waals surface area (Å²) in [6.07, 6.45) is 0. The summed E-state index contributed by atoms with van der Waals surface area (Å²) in [6.45, 7) is 9.22. The van der Waals surface area contributed by atoms with E-state index >= 15 is 0 Å². The third-order valence-electron chi connectivity index (χ3n) is 4.84. The standard InChI is InChI=1S/C15H23N2/c1-14(2)15(3,4)17(6)13(16(14)5)12-10-8-7-9-11-12/h7-11H,1-6H3/q+1. The van der Waals surface area contributed by atoms with Crippen molar-refractivity contribution in [3.63, 3.8) is 0 Å². The molecule has 0 N–H and O–H groups in total. The lowest BCUT2D eigenvalue weighted by atomic mass is 9.83. The van der Waals surface area contributed by atoms with Crippen molar-refractivity contribution in [2.75, 3.05) is 14.1 Å². The van der Waals surface area contributed by atoms with Gasteiger partial charge in [0.15, 0.2) is 0 Å². The van der Waals surface area contributed by atoms with Crippen LogP contribution in [0.25, 0.3) is 0 Å². The summed E-state index contributed by atoms with van der Waals surface area (Å²) < 4.78 is 2.39. The van der Waals surface area contributed by atoms with Crippen LogP contribution in [0.15, 0.2) is 30.3 Å². The Kier molecular flexibility index (Phi) is 2.57. The monoisotopic (exact) mass is 231 g/mol. The molecule has 1 aromatic rings. The number of amidine groups is 1. The molecule has 0 fully saturated rings. The highest BCUT2D eigenvalue weighted by atomic mass is 15.4. The molecule has 0 amide bonds. The molecule has 0 bridgehead atoms. The molecule has 0 atom stereocenters. The van der Waals surface area contributed by atoms with E-state index in [4.69, 9.17) is 0 Å². The van der Waals surface area contributed by atoms with Crippen LogP contribution in [0, 0.1) is 0 Å². The first-order chi connectivity index (χ1) is 7.80. The molecular weight excluding hydrogens is 208 g/mol. The van der Waals surface area contributed by atoms with E-state index in [1.807, 2.05) is 0 Å². The highest BCUT2D eigenvalue weighted by Gasteiger charge is 2.56. The molecule has 2 rings (SSSR count). The van der Waals surface area contributed by atoms with Gasteiger partial charge in [0.05, 0.1) is 19.7 Å². The van der Waals surface area contributed by atoms with Crippen LogP contribution < -0.4 is 0 Å². The number of hydrogen-bond acceptors (Lipinski definition) is 1. The van der Waals surface area contributed by atoms with Crippen molar-refractivity contribution < 1.29 is 4.58 Å². The molecule has 0 aliphatic carbocycles. The number of nitrogens with zero attached hydrogens (tertiary/aromatic N) is 2. The molecule has 0 unspecified atom stereocenters. The molecule has 1 aliphatic heterocycles. The van der Waals surface area contributed by atoms with Crippen molar-refractivity contribution in [1.82, 2.24) is 4.90 Å². The minimum atomic E-state index is 0.118. The number of benzene rings is 1. The maximum absolute atomic E-state index is 2.39. The van der Waals surface area contributed by atoms with Crippen molar-refractivity contribution >= 4 is 5.84 Å². The van der Waals surface area contributed by atoms with E-state index in [9.17, 15) is 0 Å². The van der Waals surface area contributed by atoms with Gasteiger partial charge in [-0.1, -0.05) is 18.2 Å². The molecule has 2 heteroatoms. The van der Waals surface area contributed by atoms with Gasteiger partial charge in [-0.2, -0.15) is 0 Å². The van der Waals surface area contributed by atoms with E-state index in [0.717, 1.165) is 0 Å². The molecule has 0 spiro atoms. The van der Waals surface area contributed by atoms with Gasteiger partial charge in [0.2, 0.25) is 0 Å². The average Bonchev–Trinajstić information content (AvgIpc) is 2.40. The maximum atomic E-state index is 2.39. The van der Waals surface area contributed by atoms with Crippen molar-refractivity contribution in [3.8, 4) is 0 Å². The minimum absolute atomic E-state index is 0.118. The zero-order valence-electron chi connectivity index (χ0n) is 11.8. The molecule has 0 saturated heterocycles. The topological polar surface area (TPSA) is 6.25 Å². The lowest BCUT2D eigenvalue weighted by molar-refractivity contribution is -0.573. The first kappa shape index (κ1) is 12.2. The van der Waals surface area contributed by atoms with Crippen LogP contribution in [-0.2, 0) is 0 Å². The average molecular weight is 231 g/mol. The van der Waals surface area contributed by atoms with Crippen LogP contribution in [-0.4, -0.2) is 40.5 Å². The smallest absolute Gasteiger partial charge is 0.255 e. The van der Waals surface area contributed by atoms with Crippen molar-refractivity contribution in [2.45, 2.75) is 38.8 Å². The van der Waals surface area contributed by atoms with Crippen LogP contribution in [0.1, 0.15) is 33.3 Å². The van der Waals surface area contributed by atoms with E-state index in [0.29, 0.717) is 0 Å². The van der Waals surface area contributed by atoms with Gasteiger partial charge in [-0.15, -0.1) is 0 Å². The highest BCUT2D eigenvalue weighted by molar-refractivity contribution is 5.96. The first-order valence-electron chi connectivity index (χ1n) is 6.20. The molecule has 1 aliphatic rings. The summed E-state index contributed by atoms with van der Waals surface area (Å²) in [5.74, 6) is 1.31. The highest BCUT2D eigenvalue weighted by Crippen LogP contribution is 2.36. The molecule has 17 heavy (non-hydrogen) atoms. The third-order valence-corrected chi connectivity index (χ3v) is 4.84. The van der Waals surface area contributed by atoms with Gasteiger partial charge >= 0.3 is 0 Å². The van der Waals surface area contributed by atoms with Gasteiger partial charge in [-0.05, 0) is 39.8 Å². The normalized spacial score (nSPS) is 22.1. The Balaban J connectivity index is 2.59. The lowest BCUT2D eigenvalue weighted by Crippen LogP contribution is -2.53. The Labute approximate surface area is 105 Å². The minimum Gasteiger partial charge on any atom is -0.255 e. The lowest BCUT2D eigenvalue weighted by Gasteiger charge is -2.34. The predicted octanol–water partition coefficient (Wildman–Crippen LogP) is 2.58. The second-order valence-corrected chi connectivity index (χ2v) is 5.93. The molecule has 2 nitrogen and oxygen atoms in total. The number of hydrogen-bond donors (Lipinski definition) is 0. The van der Waals surface area contributed by atoms with Gasteiger partial charge in [0.25, 0.3) is 5.84 Å². The van der Waals surface area contributed by atoms with Crippen LogP contribution in [0.4, 0.5) is 0 Å². The quantitative estimate of drug-likeness (QED) is 0.673. The zero-order chi connectivity index (χ0) is 12.8. The van der Waals surface area contributed by atoms with Gasteiger partial charge < -0.3 is 0 Å². The molecule has 0 saturated carbocycles. The van der Waals surface area contributed by atoms with Crippen LogP contribution in [0.3, 0.4) is 0 Å². The number of rotatable bonds is 1. The molecular formula is C15H23N2+. The molecule has 92 valence electrons. The fraction of sp³-hybridized carbons (Fsp3) is 0.533. The second kappa shape index (κ2) is 3.59.